The molecular weight excluding hydrogens is 333 g/mol. The normalized spacial score (nSPS) is 17.2. The van der Waals surface area contributed by atoms with Crippen LogP contribution in [0.4, 0.5) is 27.6 Å². The largest absolute Gasteiger partial charge is 0.478 e. The minimum absolute atomic E-state index is 0.0367. The van der Waals surface area contributed by atoms with E-state index in [1.54, 1.807) is 13.8 Å². The molecule has 0 spiro atoms. The number of carboxylic acids is 1. The van der Waals surface area contributed by atoms with Crippen LogP contribution in [0, 0.1) is 0 Å². The Hall–Kier alpha value is -1.99. The van der Waals surface area contributed by atoms with Crippen molar-refractivity contribution < 1.29 is 36.4 Å². The van der Waals surface area contributed by atoms with Crippen LogP contribution in [0.2, 0.25) is 0 Å². The van der Waals surface area contributed by atoms with Crippen molar-refractivity contribution in [1.82, 2.24) is 0 Å². The molecule has 0 aliphatic carbocycles. The van der Waals surface area contributed by atoms with E-state index in [0.29, 0.717) is 10.1 Å². The molecule has 0 fully saturated rings. The molecule has 2 rings (SSSR count). The molecule has 132 valence electrons. The van der Waals surface area contributed by atoms with Crippen molar-refractivity contribution in [3.63, 3.8) is 0 Å². The van der Waals surface area contributed by atoms with Crippen molar-refractivity contribution in [3.8, 4) is 0 Å². The number of alkyl halides is 5. The van der Waals surface area contributed by atoms with Crippen LogP contribution in [-0.2, 0) is 5.41 Å². The molecule has 1 aromatic rings. The Balaban J connectivity index is 2.52. The third kappa shape index (κ3) is 3.14. The molecule has 0 unspecified atom stereocenters. The SMILES string of the molecule is CC1=[N+](C(F)(F)CCC(F)(F)F)c2ccc(C(=O)O)cc2C1(C)C. The number of rotatable bonds is 4. The fourth-order valence-electron chi connectivity index (χ4n) is 2.85. The molecule has 0 saturated carbocycles. The maximum atomic E-state index is 14.5. The Labute approximate surface area is 135 Å². The summed E-state index contributed by atoms with van der Waals surface area (Å²) < 4.78 is 66.6. The Bertz CT molecular complexity index is 720. The Kier molecular flexibility index (Phi) is 4.23. The zero-order valence-electron chi connectivity index (χ0n) is 13.3. The van der Waals surface area contributed by atoms with Crippen LogP contribution in [0.3, 0.4) is 0 Å². The standard InChI is InChI=1S/C16H16F5NO2/c1-9-14(2,3)11-8-10(13(23)24)4-5-12(11)22(9)16(20,21)7-6-15(17,18)19/h4-5,8H,6-7H2,1-3H3/p+1. The van der Waals surface area contributed by atoms with Gasteiger partial charge >= 0.3 is 18.2 Å². The third-order valence-electron chi connectivity index (χ3n) is 4.43. The average molecular weight is 350 g/mol. The van der Waals surface area contributed by atoms with Crippen molar-refractivity contribution in [2.24, 2.45) is 0 Å². The Morgan fingerprint density at radius 3 is 2.25 bits per heavy atom. The predicted octanol–water partition coefficient (Wildman–Crippen LogP) is 4.72. The molecule has 1 heterocycles. The molecule has 0 amide bonds. The van der Waals surface area contributed by atoms with Gasteiger partial charge in [0.15, 0.2) is 5.71 Å². The van der Waals surface area contributed by atoms with Gasteiger partial charge in [-0.15, -0.1) is 13.4 Å². The van der Waals surface area contributed by atoms with Crippen LogP contribution in [0.1, 0.15) is 49.5 Å². The highest BCUT2D eigenvalue weighted by Gasteiger charge is 2.55. The first kappa shape index (κ1) is 18.4. The topological polar surface area (TPSA) is 40.3 Å². The van der Waals surface area contributed by atoms with Gasteiger partial charge in [0.1, 0.15) is 0 Å². The fourth-order valence-corrected chi connectivity index (χ4v) is 2.85. The first-order valence-corrected chi connectivity index (χ1v) is 7.24. The lowest BCUT2D eigenvalue weighted by Crippen LogP contribution is -2.36. The van der Waals surface area contributed by atoms with Gasteiger partial charge in [0.25, 0.3) is 0 Å². The van der Waals surface area contributed by atoms with Crippen LogP contribution >= 0.6 is 0 Å². The van der Waals surface area contributed by atoms with Crippen molar-refractivity contribution in [2.75, 3.05) is 0 Å². The van der Waals surface area contributed by atoms with Crippen LogP contribution in [-0.4, -0.2) is 33.6 Å². The molecule has 1 N–H and O–H groups in total. The predicted molar refractivity (Wildman–Crippen MR) is 77.3 cm³/mol. The highest BCUT2D eigenvalue weighted by Crippen LogP contribution is 2.45. The summed E-state index contributed by atoms with van der Waals surface area (Å²) in [5, 5.41) is 9.06. The summed E-state index contributed by atoms with van der Waals surface area (Å²) >= 11 is 0. The molecule has 24 heavy (non-hydrogen) atoms. The molecule has 0 aromatic heterocycles. The lowest BCUT2D eigenvalue weighted by Gasteiger charge is -2.16. The van der Waals surface area contributed by atoms with Gasteiger partial charge in [0, 0.05) is 18.6 Å². The summed E-state index contributed by atoms with van der Waals surface area (Å²) in [6.45, 7) is 4.68. The highest BCUT2D eigenvalue weighted by molar-refractivity contribution is 5.95. The fraction of sp³-hybridized carbons (Fsp3) is 0.500. The Morgan fingerprint density at radius 2 is 1.75 bits per heavy atom. The van der Waals surface area contributed by atoms with E-state index in [-0.39, 0.29) is 17.0 Å². The number of hydrogen-bond donors (Lipinski definition) is 1. The van der Waals surface area contributed by atoms with E-state index in [9.17, 15) is 26.7 Å². The van der Waals surface area contributed by atoms with E-state index in [1.165, 1.54) is 25.1 Å². The number of benzene rings is 1. The lowest BCUT2D eigenvalue weighted by molar-refractivity contribution is -0.616. The van der Waals surface area contributed by atoms with Gasteiger partial charge in [-0.25, -0.2) is 4.79 Å². The van der Waals surface area contributed by atoms with Gasteiger partial charge in [-0.2, -0.15) is 13.2 Å². The van der Waals surface area contributed by atoms with Crippen molar-refractivity contribution in [1.29, 1.82) is 0 Å². The van der Waals surface area contributed by atoms with Crippen LogP contribution < -0.4 is 0 Å². The minimum Gasteiger partial charge on any atom is -0.478 e. The Morgan fingerprint density at radius 1 is 1.17 bits per heavy atom. The van der Waals surface area contributed by atoms with E-state index < -0.39 is 36.4 Å². The molecule has 0 saturated heterocycles. The van der Waals surface area contributed by atoms with E-state index in [4.69, 9.17) is 5.11 Å². The van der Waals surface area contributed by atoms with Crippen molar-refractivity contribution in [2.45, 2.75) is 51.3 Å². The number of nitrogens with zero attached hydrogens (tertiary/aromatic N) is 1. The second kappa shape index (κ2) is 5.53. The van der Waals surface area contributed by atoms with Gasteiger partial charge in [-0.3, -0.25) is 0 Å². The number of aromatic carboxylic acids is 1. The maximum absolute atomic E-state index is 14.5. The second-order valence-corrected chi connectivity index (χ2v) is 6.36. The van der Waals surface area contributed by atoms with Crippen molar-refractivity contribution in [3.05, 3.63) is 29.3 Å². The summed E-state index contributed by atoms with van der Waals surface area (Å²) in [4.78, 5) is 11.1. The van der Waals surface area contributed by atoms with Gasteiger partial charge in [0.2, 0.25) is 5.69 Å². The molecule has 1 aromatic carbocycles. The average Bonchev–Trinajstić information content (AvgIpc) is 2.64. The third-order valence-corrected chi connectivity index (χ3v) is 4.43. The molecule has 8 heteroatoms. The van der Waals surface area contributed by atoms with E-state index in [2.05, 4.69) is 0 Å². The zero-order valence-corrected chi connectivity index (χ0v) is 13.3. The minimum atomic E-state index is -4.68. The number of halogens is 5. The summed E-state index contributed by atoms with van der Waals surface area (Å²) in [7, 11) is 0. The molecule has 0 radical (unpaired) electrons. The number of carboxylic acid groups (broad SMARTS) is 1. The summed E-state index contributed by atoms with van der Waals surface area (Å²) in [6.07, 6.45) is -7.65. The molecular formula is C16H17F5NO2+. The first-order chi connectivity index (χ1) is 10.8. The monoisotopic (exact) mass is 350 g/mol. The molecule has 0 bridgehead atoms. The first-order valence-electron chi connectivity index (χ1n) is 7.24. The molecule has 3 nitrogen and oxygen atoms in total. The van der Waals surface area contributed by atoms with Gasteiger partial charge in [0.05, 0.1) is 23.8 Å². The van der Waals surface area contributed by atoms with E-state index >= 15 is 0 Å². The second-order valence-electron chi connectivity index (χ2n) is 6.36. The lowest BCUT2D eigenvalue weighted by atomic mass is 9.81. The highest BCUT2D eigenvalue weighted by atomic mass is 19.4. The van der Waals surface area contributed by atoms with Gasteiger partial charge in [-0.05, 0) is 26.0 Å². The van der Waals surface area contributed by atoms with Gasteiger partial charge < -0.3 is 5.11 Å². The summed E-state index contributed by atoms with van der Waals surface area (Å²) in [5.74, 6) is -1.20. The molecule has 1 aliphatic heterocycles. The smallest absolute Gasteiger partial charge is 0.461 e. The van der Waals surface area contributed by atoms with Crippen LogP contribution in [0.5, 0.6) is 0 Å². The van der Waals surface area contributed by atoms with Crippen molar-refractivity contribution >= 4 is 17.4 Å². The maximum Gasteiger partial charge on any atom is 0.461 e. The quantitative estimate of drug-likeness (QED) is 0.485. The van der Waals surface area contributed by atoms with Crippen LogP contribution in [0.15, 0.2) is 18.2 Å². The number of fused-ring (bicyclic) bond motifs is 1. The summed E-state index contributed by atoms with van der Waals surface area (Å²) in [6, 6.07) is -0.0465. The van der Waals surface area contributed by atoms with E-state index in [0.717, 1.165) is 0 Å². The zero-order chi connectivity index (χ0) is 18.5. The summed E-state index contributed by atoms with van der Waals surface area (Å²) in [5.41, 5.74) is -0.411. The molecule has 1 aliphatic rings. The number of hydrogen-bond acceptors (Lipinski definition) is 1. The van der Waals surface area contributed by atoms with Crippen LogP contribution in [0.25, 0.3) is 0 Å². The van der Waals surface area contributed by atoms with Gasteiger partial charge in [-0.1, -0.05) is 0 Å². The molecule has 0 atom stereocenters. The number of carbonyl (C=O) groups is 1. The van der Waals surface area contributed by atoms with E-state index in [1.807, 2.05) is 0 Å².